The quantitative estimate of drug-likeness (QED) is 0.345. The number of hydrogen-bond donors (Lipinski definition) is 3. The zero-order valence-electron chi connectivity index (χ0n) is 18.8. The molecule has 2 rings (SSSR count). The molecule has 0 heterocycles. The van der Waals surface area contributed by atoms with Crippen LogP contribution in [-0.2, 0) is 27.1 Å². The van der Waals surface area contributed by atoms with E-state index in [4.69, 9.17) is 9.73 Å². The highest BCUT2D eigenvalue weighted by atomic mass is 32.2. The molecule has 1 fully saturated rings. The fourth-order valence-corrected chi connectivity index (χ4v) is 5.24. The van der Waals surface area contributed by atoms with Gasteiger partial charge in [0.15, 0.2) is 5.96 Å². The summed E-state index contributed by atoms with van der Waals surface area (Å²) in [4.78, 5) is 4.73. The zero-order chi connectivity index (χ0) is 22.0. The van der Waals surface area contributed by atoms with Gasteiger partial charge in [-0.15, -0.1) is 0 Å². The summed E-state index contributed by atoms with van der Waals surface area (Å²) in [5.41, 5.74) is 1.99. The molecule has 1 saturated carbocycles. The van der Waals surface area contributed by atoms with Gasteiger partial charge in [-0.2, -0.15) is 0 Å². The van der Waals surface area contributed by atoms with Gasteiger partial charge in [-0.3, -0.25) is 0 Å². The van der Waals surface area contributed by atoms with Crippen LogP contribution in [0.4, 0.5) is 0 Å². The summed E-state index contributed by atoms with van der Waals surface area (Å²) in [7, 11) is -1.63. The second-order valence-electron chi connectivity index (χ2n) is 8.45. The minimum absolute atomic E-state index is 0.0407. The van der Waals surface area contributed by atoms with Crippen LogP contribution in [0, 0.1) is 5.41 Å². The largest absolute Gasteiger partial charge is 0.385 e. The standard InChI is InChI=1S/C22H38N4O3S/c1-5-23-21(25-17-22(11-8-12-22)13-14-29-4)24-15-19-9-6-7-10-20(19)16-30(27,28)26-18(2)3/h6-7,9-10,18,26H,5,8,11-17H2,1-4H3,(H2,23,24,25). The lowest BCUT2D eigenvalue weighted by Crippen LogP contribution is -2.47. The fourth-order valence-electron chi connectivity index (χ4n) is 3.75. The van der Waals surface area contributed by atoms with Gasteiger partial charge in [-0.25, -0.2) is 18.1 Å². The van der Waals surface area contributed by atoms with Gasteiger partial charge in [-0.1, -0.05) is 30.7 Å². The van der Waals surface area contributed by atoms with Crippen LogP contribution in [0.15, 0.2) is 29.3 Å². The lowest BCUT2D eigenvalue weighted by molar-refractivity contribution is 0.0732. The number of nitrogens with zero attached hydrogens (tertiary/aromatic N) is 1. The predicted molar refractivity (Wildman–Crippen MR) is 123 cm³/mol. The molecule has 7 nitrogen and oxygen atoms in total. The maximum atomic E-state index is 12.4. The molecule has 8 heteroatoms. The first-order valence-corrected chi connectivity index (χ1v) is 12.5. The van der Waals surface area contributed by atoms with E-state index in [0.717, 1.165) is 43.2 Å². The van der Waals surface area contributed by atoms with Crippen molar-refractivity contribution in [1.29, 1.82) is 0 Å². The van der Waals surface area contributed by atoms with Crippen molar-refractivity contribution in [1.82, 2.24) is 15.4 Å². The Morgan fingerprint density at radius 1 is 1.20 bits per heavy atom. The molecule has 170 valence electrons. The Bertz CT molecular complexity index is 789. The first kappa shape index (κ1) is 24.6. The van der Waals surface area contributed by atoms with Crippen molar-refractivity contribution < 1.29 is 13.2 Å². The zero-order valence-corrected chi connectivity index (χ0v) is 19.6. The lowest BCUT2D eigenvalue weighted by atomic mass is 9.67. The summed E-state index contributed by atoms with van der Waals surface area (Å²) in [6, 6.07) is 7.47. The van der Waals surface area contributed by atoms with Crippen LogP contribution < -0.4 is 15.4 Å². The van der Waals surface area contributed by atoms with Crippen LogP contribution in [-0.4, -0.2) is 47.2 Å². The summed E-state index contributed by atoms with van der Waals surface area (Å²) >= 11 is 0. The molecule has 1 aliphatic rings. The summed E-state index contributed by atoms with van der Waals surface area (Å²) < 4.78 is 32.6. The lowest BCUT2D eigenvalue weighted by Gasteiger charge is -2.42. The maximum Gasteiger partial charge on any atom is 0.216 e. The van der Waals surface area contributed by atoms with E-state index in [1.807, 2.05) is 45.0 Å². The number of hydrogen-bond acceptors (Lipinski definition) is 4. The van der Waals surface area contributed by atoms with Gasteiger partial charge in [0, 0.05) is 32.8 Å². The van der Waals surface area contributed by atoms with Gasteiger partial charge >= 0.3 is 0 Å². The van der Waals surface area contributed by atoms with E-state index in [0.29, 0.717) is 12.0 Å². The van der Waals surface area contributed by atoms with Crippen LogP contribution in [0.5, 0.6) is 0 Å². The van der Waals surface area contributed by atoms with E-state index in [1.54, 1.807) is 7.11 Å². The van der Waals surface area contributed by atoms with Crippen LogP contribution in [0.25, 0.3) is 0 Å². The molecule has 0 spiro atoms. The highest BCUT2D eigenvalue weighted by Crippen LogP contribution is 2.43. The Hall–Kier alpha value is -1.64. The average molecular weight is 439 g/mol. The minimum atomic E-state index is -3.38. The van der Waals surface area contributed by atoms with Crippen LogP contribution in [0.1, 0.15) is 57.6 Å². The van der Waals surface area contributed by atoms with E-state index < -0.39 is 10.0 Å². The Kier molecular flexibility index (Phi) is 9.58. The molecule has 0 aliphatic heterocycles. The molecule has 0 amide bonds. The van der Waals surface area contributed by atoms with E-state index in [-0.39, 0.29) is 11.8 Å². The van der Waals surface area contributed by atoms with Crippen molar-refractivity contribution in [2.24, 2.45) is 10.4 Å². The van der Waals surface area contributed by atoms with E-state index in [2.05, 4.69) is 15.4 Å². The molecular weight excluding hydrogens is 400 g/mol. The third kappa shape index (κ3) is 7.89. The van der Waals surface area contributed by atoms with Crippen molar-refractivity contribution in [3.8, 4) is 0 Å². The van der Waals surface area contributed by atoms with E-state index in [9.17, 15) is 8.42 Å². The second kappa shape index (κ2) is 11.7. The average Bonchev–Trinajstić information content (AvgIpc) is 2.64. The van der Waals surface area contributed by atoms with Gasteiger partial charge in [-0.05, 0) is 56.6 Å². The minimum Gasteiger partial charge on any atom is -0.385 e. The summed E-state index contributed by atoms with van der Waals surface area (Å²) in [5.74, 6) is 0.722. The Morgan fingerprint density at radius 3 is 2.47 bits per heavy atom. The fraction of sp³-hybridized carbons (Fsp3) is 0.682. The molecule has 0 saturated heterocycles. The molecule has 3 N–H and O–H groups in total. The first-order chi connectivity index (χ1) is 14.3. The van der Waals surface area contributed by atoms with Crippen molar-refractivity contribution in [2.75, 3.05) is 26.8 Å². The molecule has 0 radical (unpaired) electrons. The summed E-state index contributed by atoms with van der Waals surface area (Å²) in [6.45, 7) is 8.53. The highest BCUT2D eigenvalue weighted by molar-refractivity contribution is 7.88. The number of aliphatic imine (C=N–C) groups is 1. The van der Waals surface area contributed by atoms with Crippen LogP contribution in [0.2, 0.25) is 0 Å². The van der Waals surface area contributed by atoms with Crippen LogP contribution >= 0.6 is 0 Å². The van der Waals surface area contributed by atoms with Crippen molar-refractivity contribution in [3.05, 3.63) is 35.4 Å². The van der Waals surface area contributed by atoms with Crippen LogP contribution in [0.3, 0.4) is 0 Å². The Balaban J connectivity index is 2.05. The number of guanidine groups is 1. The summed E-state index contributed by atoms with van der Waals surface area (Å²) in [5, 5.41) is 6.79. The third-order valence-corrected chi connectivity index (χ3v) is 7.03. The molecule has 0 unspecified atom stereocenters. The smallest absolute Gasteiger partial charge is 0.216 e. The van der Waals surface area contributed by atoms with Gasteiger partial charge in [0.25, 0.3) is 0 Å². The number of rotatable bonds is 12. The SMILES string of the molecule is CCNC(=NCc1ccccc1CS(=O)(=O)NC(C)C)NCC1(CCOC)CCC1. The number of sulfonamides is 1. The number of benzene rings is 1. The molecule has 1 aromatic rings. The molecular formula is C22H38N4O3S. The third-order valence-electron chi connectivity index (χ3n) is 5.51. The normalized spacial score (nSPS) is 16.4. The molecule has 1 aliphatic carbocycles. The molecule has 1 aromatic carbocycles. The van der Waals surface area contributed by atoms with Gasteiger partial charge in [0.2, 0.25) is 10.0 Å². The van der Waals surface area contributed by atoms with Gasteiger partial charge < -0.3 is 15.4 Å². The van der Waals surface area contributed by atoms with E-state index in [1.165, 1.54) is 19.3 Å². The molecule has 0 bridgehead atoms. The second-order valence-corrected chi connectivity index (χ2v) is 10.2. The Morgan fingerprint density at radius 2 is 1.90 bits per heavy atom. The van der Waals surface area contributed by atoms with Crippen molar-refractivity contribution in [3.63, 3.8) is 0 Å². The molecule has 0 aromatic heterocycles. The summed E-state index contributed by atoms with van der Waals surface area (Å²) in [6.07, 6.45) is 4.75. The molecule has 30 heavy (non-hydrogen) atoms. The number of nitrogens with one attached hydrogen (secondary N) is 3. The first-order valence-electron chi connectivity index (χ1n) is 10.9. The molecule has 0 atom stereocenters. The topological polar surface area (TPSA) is 91.8 Å². The monoisotopic (exact) mass is 438 g/mol. The van der Waals surface area contributed by atoms with E-state index >= 15 is 0 Å². The highest BCUT2D eigenvalue weighted by Gasteiger charge is 2.36. The van der Waals surface area contributed by atoms with Crippen molar-refractivity contribution in [2.45, 2.75) is 64.8 Å². The van der Waals surface area contributed by atoms with Crippen molar-refractivity contribution >= 4 is 16.0 Å². The van der Waals surface area contributed by atoms with Gasteiger partial charge in [0.1, 0.15) is 0 Å². The maximum absolute atomic E-state index is 12.4. The Labute approximate surface area is 182 Å². The predicted octanol–water partition coefficient (Wildman–Crippen LogP) is 2.78. The number of methoxy groups -OCH3 is 1. The number of ether oxygens (including phenoxy) is 1. The van der Waals surface area contributed by atoms with Gasteiger partial charge in [0.05, 0.1) is 12.3 Å².